The Kier molecular flexibility index (Phi) is 4.01. The summed E-state index contributed by atoms with van der Waals surface area (Å²) in [6, 6.07) is 5.58. The van der Waals surface area contributed by atoms with Gasteiger partial charge in [0.05, 0.1) is 6.54 Å². The van der Waals surface area contributed by atoms with E-state index in [-0.39, 0.29) is 17.7 Å². The van der Waals surface area contributed by atoms with Crippen molar-refractivity contribution in [2.75, 3.05) is 5.32 Å². The summed E-state index contributed by atoms with van der Waals surface area (Å²) in [4.78, 5) is 29.8. The summed E-state index contributed by atoms with van der Waals surface area (Å²) in [6.07, 6.45) is 2.12. The predicted octanol–water partition coefficient (Wildman–Crippen LogP) is 3.18. The van der Waals surface area contributed by atoms with Gasteiger partial charge >= 0.3 is 6.09 Å². The van der Waals surface area contributed by atoms with Crippen LogP contribution in [0.4, 0.5) is 10.5 Å². The molecular weight excluding hydrogens is 310 g/mol. The van der Waals surface area contributed by atoms with Crippen LogP contribution in [0.25, 0.3) is 0 Å². The van der Waals surface area contributed by atoms with Gasteiger partial charge in [-0.05, 0) is 32.4 Å². The first-order chi connectivity index (χ1) is 11.3. The molecule has 1 aliphatic heterocycles. The molecule has 2 amide bonds. The van der Waals surface area contributed by atoms with Gasteiger partial charge in [-0.25, -0.2) is 9.78 Å². The van der Waals surface area contributed by atoms with Crippen LogP contribution in [-0.4, -0.2) is 27.5 Å². The lowest BCUT2D eigenvalue weighted by molar-refractivity contribution is 0.0242. The Hall–Kier alpha value is -2.83. The number of oxazole rings is 1. The van der Waals surface area contributed by atoms with Gasteiger partial charge in [0.15, 0.2) is 12.1 Å². The lowest BCUT2D eigenvalue weighted by Crippen LogP contribution is -2.33. The number of hydrogen-bond acceptors (Lipinski definition) is 5. The van der Waals surface area contributed by atoms with Crippen LogP contribution in [0.5, 0.6) is 0 Å². The van der Waals surface area contributed by atoms with Crippen LogP contribution in [0, 0.1) is 0 Å². The van der Waals surface area contributed by atoms with Crippen LogP contribution >= 0.6 is 0 Å². The molecule has 24 heavy (non-hydrogen) atoms. The molecule has 7 nitrogen and oxygen atoms in total. The molecule has 3 rings (SSSR count). The lowest BCUT2D eigenvalue weighted by atomic mass is 10.1. The van der Waals surface area contributed by atoms with E-state index < -0.39 is 5.60 Å². The summed E-state index contributed by atoms with van der Waals surface area (Å²) in [6.45, 7) is 6.34. The molecule has 126 valence electrons. The van der Waals surface area contributed by atoms with Gasteiger partial charge in [-0.2, -0.15) is 0 Å². The summed E-state index contributed by atoms with van der Waals surface area (Å²) in [5, 5.41) is 2.81. The van der Waals surface area contributed by atoms with Gasteiger partial charge in [0.25, 0.3) is 5.91 Å². The van der Waals surface area contributed by atoms with Gasteiger partial charge in [-0.1, -0.05) is 12.1 Å². The van der Waals surface area contributed by atoms with E-state index in [1.807, 2.05) is 32.9 Å². The number of nitrogens with zero attached hydrogens (tertiary/aromatic N) is 2. The first kappa shape index (κ1) is 16.0. The standard InChI is InChI=1S/C17H19N3O4/c1-17(2,3)24-16(22)20-7-11-5-4-6-13(12(11)8-20)19-15(21)14-9-23-10-18-14/h4-6,9-10H,7-8H2,1-3H3,(H,19,21). The van der Waals surface area contributed by atoms with Gasteiger partial charge < -0.3 is 14.5 Å². The second-order valence-corrected chi connectivity index (χ2v) is 6.61. The number of nitrogens with one attached hydrogen (secondary N) is 1. The lowest BCUT2D eigenvalue weighted by Gasteiger charge is -2.24. The zero-order valence-electron chi connectivity index (χ0n) is 13.8. The Labute approximate surface area is 139 Å². The smallest absolute Gasteiger partial charge is 0.410 e. The second-order valence-electron chi connectivity index (χ2n) is 6.61. The van der Waals surface area contributed by atoms with Gasteiger partial charge in [-0.3, -0.25) is 9.69 Å². The van der Waals surface area contributed by atoms with Crippen molar-refractivity contribution in [3.8, 4) is 0 Å². The summed E-state index contributed by atoms with van der Waals surface area (Å²) < 4.78 is 10.2. The van der Waals surface area contributed by atoms with Crippen LogP contribution < -0.4 is 5.32 Å². The molecule has 0 spiro atoms. The molecule has 2 aromatic rings. The fraction of sp³-hybridized carbons (Fsp3) is 0.353. The number of hydrogen-bond donors (Lipinski definition) is 1. The summed E-state index contributed by atoms with van der Waals surface area (Å²) in [7, 11) is 0. The minimum atomic E-state index is -0.546. The van der Waals surface area contributed by atoms with Gasteiger partial charge in [0, 0.05) is 17.8 Å². The monoisotopic (exact) mass is 329 g/mol. The number of benzene rings is 1. The van der Waals surface area contributed by atoms with Crippen LogP contribution in [0.15, 0.2) is 35.3 Å². The molecule has 0 aliphatic carbocycles. The van der Waals surface area contributed by atoms with E-state index in [4.69, 9.17) is 9.15 Å². The highest BCUT2D eigenvalue weighted by Gasteiger charge is 2.29. The molecule has 1 N–H and O–H groups in total. The Morgan fingerprint density at radius 1 is 1.29 bits per heavy atom. The summed E-state index contributed by atoms with van der Waals surface area (Å²) in [5.74, 6) is -0.354. The summed E-state index contributed by atoms with van der Waals surface area (Å²) in [5.41, 5.74) is 2.20. The van der Waals surface area contributed by atoms with Crippen LogP contribution in [-0.2, 0) is 17.8 Å². The maximum Gasteiger partial charge on any atom is 0.410 e. The second kappa shape index (κ2) is 5.99. The van der Waals surface area contributed by atoms with Crippen molar-refractivity contribution < 1.29 is 18.7 Å². The van der Waals surface area contributed by atoms with Crippen molar-refractivity contribution >= 4 is 17.7 Å². The maximum atomic E-state index is 12.2. The number of carbonyl (C=O) groups is 2. The molecule has 0 unspecified atom stereocenters. The fourth-order valence-corrected chi connectivity index (χ4v) is 2.51. The predicted molar refractivity (Wildman–Crippen MR) is 86.4 cm³/mol. The Morgan fingerprint density at radius 3 is 2.75 bits per heavy atom. The fourth-order valence-electron chi connectivity index (χ4n) is 2.51. The molecule has 0 radical (unpaired) electrons. The first-order valence-corrected chi connectivity index (χ1v) is 7.62. The third-order valence-corrected chi connectivity index (χ3v) is 3.55. The molecule has 0 atom stereocenters. The normalized spacial score (nSPS) is 13.5. The highest BCUT2D eigenvalue weighted by Crippen LogP contribution is 2.30. The highest BCUT2D eigenvalue weighted by molar-refractivity contribution is 6.03. The highest BCUT2D eigenvalue weighted by atomic mass is 16.6. The van der Waals surface area contributed by atoms with Crippen LogP contribution in [0.1, 0.15) is 42.4 Å². The first-order valence-electron chi connectivity index (χ1n) is 7.62. The number of aromatic nitrogens is 1. The van der Waals surface area contributed by atoms with E-state index >= 15 is 0 Å². The molecule has 0 saturated heterocycles. The third-order valence-electron chi connectivity index (χ3n) is 3.55. The maximum absolute atomic E-state index is 12.2. The number of amides is 2. The Morgan fingerprint density at radius 2 is 2.08 bits per heavy atom. The van der Waals surface area contributed by atoms with Crippen molar-refractivity contribution in [1.29, 1.82) is 0 Å². The van der Waals surface area contributed by atoms with Crippen molar-refractivity contribution in [3.63, 3.8) is 0 Å². The van der Waals surface area contributed by atoms with Crippen LogP contribution in [0.2, 0.25) is 0 Å². The molecule has 1 aromatic heterocycles. The number of ether oxygens (including phenoxy) is 1. The molecule has 1 aromatic carbocycles. The van der Waals surface area contributed by atoms with Crippen molar-refractivity contribution in [2.24, 2.45) is 0 Å². The molecule has 0 bridgehead atoms. The molecule has 0 fully saturated rings. The Balaban J connectivity index is 1.75. The average Bonchev–Trinajstić information content (AvgIpc) is 3.15. The van der Waals surface area contributed by atoms with E-state index in [9.17, 15) is 9.59 Å². The summed E-state index contributed by atoms with van der Waals surface area (Å²) >= 11 is 0. The van der Waals surface area contributed by atoms with Gasteiger partial charge in [-0.15, -0.1) is 0 Å². The Bertz CT molecular complexity index is 763. The molecular formula is C17H19N3O4. The zero-order valence-corrected chi connectivity index (χ0v) is 13.8. The number of rotatable bonds is 2. The largest absolute Gasteiger partial charge is 0.451 e. The van der Waals surface area contributed by atoms with E-state index in [0.717, 1.165) is 11.1 Å². The zero-order chi connectivity index (χ0) is 17.3. The van der Waals surface area contributed by atoms with Crippen molar-refractivity contribution in [3.05, 3.63) is 47.7 Å². The number of fused-ring (bicyclic) bond motifs is 1. The van der Waals surface area contributed by atoms with E-state index in [1.54, 1.807) is 11.0 Å². The third kappa shape index (κ3) is 3.40. The van der Waals surface area contributed by atoms with E-state index in [2.05, 4.69) is 10.3 Å². The molecule has 2 heterocycles. The molecule has 0 saturated carbocycles. The van der Waals surface area contributed by atoms with Crippen molar-refractivity contribution in [1.82, 2.24) is 9.88 Å². The van der Waals surface area contributed by atoms with Gasteiger partial charge in [0.2, 0.25) is 0 Å². The van der Waals surface area contributed by atoms with Crippen LogP contribution in [0.3, 0.4) is 0 Å². The topological polar surface area (TPSA) is 84.7 Å². The molecule has 7 heteroatoms. The van der Waals surface area contributed by atoms with Crippen molar-refractivity contribution in [2.45, 2.75) is 39.5 Å². The van der Waals surface area contributed by atoms with E-state index in [0.29, 0.717) is 18.8 Å². The molecule has 1 aliphatic rings. The number of anilines is 1. The SMILES string of the molecule is CC(C)(C)OC(=O)N1Cc2cccc(NC(=O)c3cocn3)c2C1. The quantitative estimate of drug-likeness (QED) is 0.914. The van der Waals surface area contributed by atoms with Gasteiger partial charge in [0.1, 0.15) is 11.9 Å². The van der Waals surface area contributed by atoms with E-state index in [1.165, 1.54) is 12.7 Å². The minimum Gasteiger partial charge on any atom is -0.451 e. The average molecular weight is 329 g/mol. The number of carbonyl (C=O) groups excluding carboxylic acids is 2. The minimum absolute atomic E-state index is 0.203.